The third-order valence-corrected chi connectivity index (χ3v) is 4.54. The van der Waals surface area contributed by atoms with Gasteiger partial charge in [0.1, 0.15) is 0 Å². The summed E-state index contributed by atoms with van der Waals surface area (Å²) in [4.78, 5) is 2.63. The summed E-state index contributed by atoms with van der Waals surface area (Å²) < 4.78 is 0. The van der Waals surface area contributed by atoms with E-state index in [1.54, 1.807) is 0 Å². The number of nitrogens with two attached hydrogens (primary N) is 1. The van der Waals surface area contributed by atoms with Crippen LogP contribution in [0.5, 0.6) is 0 Å². The summed E-state index contributed by atoms with van der Waals surface area (Å²) in [7, 11) is 0. The van der Waals surface area contributed by atoms with Gasteiger partial charge < -0.3 is 10.6 Å². The molecule has 2 aliphatic rings. The van der Waals surface area contributed by atoms with Crippen LogP contribution in [0.15, 0.2) is 0 Å². The first-order valence-electron chi connectivity index (χ1n) is 5.90. The molecule has 2 rings (SSSR count). The fourth-order valence-corrected chi connectivity index (χ4v) is 3.63. The number of likely N-dealkylation sites (tertiary alicyclic amines) is 1. The van der Waals surface area contributed by atoms with Crippen molar-refractivity contribution in [1.29, 1.82) is 0 Å². The fraction of sp³-hybridized carbons (Fsp3) is 1.00. The second kappa shape index (κ2) is 5.38. The molecule has 0 aromatic rings. The molecule has 0 unspecified atom stereocenters. The third-order valence-electron chi connectivity index (χ3n) is 3.49. The van der Waals surface area contributed by atoms with E-state index in [0.717, 1.165) is 5.92 Å². The first-order valence-corrected chi connectivity index (χ1v) is 7.06. The highest BCUT2D eigenvalue weighted by molar-refractivity contribution is 7.99. The van der Waals surface area contributed by atoms with E-state index in [2.05, 4.69) is 16.7 Å². The molecule has 0 bridgehead atoms. The molecule has 2 N–H and O–H groups in total. The van der Waals surface area contributed by atoms with Gasteiger partial charge >= 0.3 is 0 Å². The van der Waals surface area contributed by atoms with E-state index in [9.17, 15) is 0 Å². The number of thioether (sulfide) groups is 1. The zero-order valence-electron chi connectivity index (χ0n) is 8.95. The molecule has 82 valence electrons. The van der Waals surface area contributed by atoms with Crippen molar-refractivity contribution in [3.8, 4) is 0 Å². The highest BCUT2D eigenvalue weighted by atomic mass is 32.2. The van der Waals surface area contributed by atoms with Crippen LogP contribution in [0.1, 0.15) is 25.7 Å². The SMILES string of the molecule is NC1CCN(CC2CCSCC2)CC1. The van der Waals surface area contributed by atoms with Crippen molar-refractivity contribution in [2.24, 2.45) is 11.7 Å². The largest absolute Gasteiger partial charge is 0.328 e. The molecule has 0 atom stereocenters. The van der Waals surface area contributed by atoms with Gasteiger partial charge in [0.15, 0.2) is 0 Å². The fourth-order valence-electron chi connectivity index (χ4n) is 2.43. The summed E-state index contributed by atoms with van der Waals surface area (Å²) in [6.45, 7) is 3.82. The van der Waals surface area contributed by atoms with Crippen molar-refractivity contribution >= 4 is 11.8 Å². The van der Waals surface area contributed by atoms with E-state index >= 15 is 0 Å². The smallest absolute Gasteiger partial charge is 0.00631 e. The molecule has 2 aliphatic heterocycles. The number of nitrogens with zero attached hydrogens (tertiary/aromatic N) is 1. The number of hydrogen-bond acceptors (Lipinski definition) is 3. The van der Waals surface area contributed by atoms with Gasteiger partial charge in [-0.05, 0) is 56.2 Å². The van der Waals surface area contributed by atoms with Crippen LogP contribution in [-0.2, 0) is 0 Å². The zero-order chi connectivity index (χ0) is 9.80. The lowest BCUT2D eigenvalue weighted by molar-refractivity contribution is 0.179. The van der Waals surface area contributed by atoms with Gasteiger partial charge in [-0.1, -0.05) is 0 Å². The minimum absolute atomic E-state index is 0.480. The van der Waals surface area contributed by atoms with Gasteiger partial charge in [0.2, 0.25) is 0 Å². The molecule has 0 aliphatic carbocycles. The van der Waals surface area contributed by atoms with E-state index in [1.165, 1.54) is 56.8 Å². The minimum atomic E-state index is 0.480. The van der Waals surface area contributed by atoms with Gasteiger partial charge in [-0.25, -0.2) is 0 Å². The average molecular weight is 214 g/mol. The van der Waals surface area contributed by atoms with Gasteiger partial charge in [0.25, 0.3) is 0 Å². The minimum Gasteiger partial charge on any atom is -0.328 e. The first kappa shape index (κ1) is 10.8. The molecule has 0 aromatic carbocycles. The molecule has 0 aromatic heterocycles. The molecule has 2 saturated heterocycles. The second-order valence-electron chi connectivity index (χ2n) is 4.69. The maximum atomic E-state index is 5.90. The number of hydrogen-bond donors (Lipinski definition) is 1. The molecule has 14 heavy (non-hydrogen) atoms. The molecule has 0 radical (unpaired) electrons. The van der Waals surface area contributed by atoms with Crippen LogP contribution in [0.4, 0.5) is 0 Å². The Labute approximate surface area is 91.6 Å². The molecule has 2 nitrogen and oxygen atoms in total. The van der Waals surface area contributed by atoms with Gasteiger partial charge in [-0.2, -0.15) is 11.8 Å². The quantitative estimate of drug-likeness (QED) is 0.756. The van der Waals surface area contributed by atoms with Crippen molar-refractivity contribution in [1.82, 2.24) is 4.90 Å². The molecule has 0 amide bonds. The summed E-state index contributed by atoms with van der Waals surface area (Å²) >= 11 is 2.12. The molecule has 2 fully saturated rings. The van der Waals surface area contributed by atoms with Gasteiger partial charge in [0.05, 0.1) is 0 Å². The van der Waals surface area contributed by atoms with Crippen molar-refractivity contribution in [2.45, 2.75) is 31.7 Å². The summed E-state index contributed by atoms with van der Waals surface area (Å²) in [6.07, 6.45) is 5.30. The Bertz CT molecular complexity index is 161. The van der Waals surface area contributed by atoms with Crippen LogP contribution in [0.25, 0.3) is 0 Å². The van der Waals surface area contributed by atoms with Crippen molar-refractivity contribution in [2.75, 3.05) is 31.1 Å². The van der Waals surface area contributed by atoms with E-state index in [1.807, 2.05) is 0 Å². The zero-order valence-corrected chi connectivity index (χ0v) is 9.77. The number of rotatable bonds is 2. The van der Waals surface area contributed by atoms with Crippen LogP contribution in [0.3, 0.4) is 0 Å². The second-order valence-corrected chi connectivity index (χ2v) is 5.92. The molecule has 3 heteroatoms. The summed E-state index contributed by atoms with van der Waals surface area (Å²) in [6, 6.07) is 0.480. The van der Waals surface area contributed by atoms with E-state index < -0.39 is 0 Å². The summed E-state index contributed by atoms with van der Waals surface area (Å²) in [5, 5.41) is 0. The Kier molecular flexibility index (Phi) is 4.14. The number of piperidine rings is 1. The predicted octanol–water partition coefficient (Wildman–Crippen LogP) is 1.55. The topological polar surface area (TPSA) is 29.3 Å². The average Bonchev–Trinajstić information content (AvgIpc) is 2.23. The Balaban J connectivity index is 1.68. The molecular formula is C11H22N2S. The Hall–Kier alpha value is 0.270. The van der Waals surface area contributed by atoms with Gasteiger partial charge in [-0.15, -0.1) is 0 Å². The molecule has 2 heterocycles. The lowest BCUT2D eigenvalue weighted by atomic mass is 9.99. The first-order chi connectivity index (χ1) is 6.84. The van der Waals surface area contributed by atoms with E-state index in [4.69, 9.17) is 5.73 Å². The third kappa shape index (κ3) is 3.14. The normalized spacial score (nSPS) is 28.1. The van der Waals surface area contributed by atoms with Crippen LogP contribution >= 0.6 is 11.8 Å². The Morgan fingerprint density at radius 3 is 2.36 bits per heavy atom. The maximum absolute atomic E-state index is 5.90. The predicted molar refractivity (Wildman–Crippen MR) is 63.7 cm³/mol. The van der Waals surface area contributed by atoms with Crippen LogP contribution < -0.4 is 5.73 Å². The maximum Gasteiger partial charge on any atom is 0.00631 e. The van der Waals surface area contributed by atoms with Gasteiger partial charge in [0, 0.05) is 12.6 Å². The lowest BCUT2D eigenvalue weighted by Gasteiger charge is -2.34. The Morgan fingerprint density at radius 2 is 1.71 bits per heavy atom. The van der Waals surface area contributed by atoms with E-state index in [-0.39, 0.29) is 0 Å². The molecular weight excluding hydrogens is 192 g/mol. The molecule has 0 spiro atoms. The van der Waals surface area contributed by atoms with Crippen molar-refractivity contribution in [3.05, 3.63) is 0 Å². The van der Waals surface area contributed by atoms with Gasteiger partial charge in [-0.3, -0.25) is 0 Å². The highest BCUT2D eigenvalue weighted by Gasteiger charge is 2.20. The Morgan fingerprint density at radius 1 is 1.07 bits per heavy atom. The highest BCUT2D eigenvalue weighted by Crippen LogP contribution is 2.24. The van der Waals surface area contributed by atoms with E-state index in [0.29, 0.717) is 6.04 Å². The van der Waals surface area contributed by atoms with Crippen molar-refractivity contribution < 1.29 is 0 Å². The van der Waals surface area contributed by atoms with Crippen LogP contribution in [-0.4, -0.2) is 42.1 Å². The summed E-state index contributed by atoms with van der Waals surface area (Å²) in [5.41, 5.74) is 5.90. The summed E-state index contributed by atoms with van der Waals surface area (Å²) in [5.74, 6) is 3.75. The standard InChI is InChI=1S/C11H22N2S/c12-11-1-5-13(6-2-11)9-10-3-7-14-8-4-10/h10-11H,1-9,12H2. The lowest BCUT2D eigenvalue weighted by Crippen LogP contribution is -2.42. The van der Waals surface area contributed by atoms with Crippen molar-refractivity contribution in [3.63, 3.8) is 0 Å². The van der Waals surface area contributed by atoms with Crippen LogP contribution in [0.2, 0.25) is 0 Å². The molecule has 0 saturated carbocycles. The van der Waals surface area contributed by atoms with Crippen LogP contribution in [0, 0.1) is 5.92 Å². The monoisotopic (exact) mass is 214 g/mol.